The Balaban J connectivity index is 1.60. The summed E-state index contributed by atoms with van der Waals surface area (Å²) in [6.45, 7) is 1.79. The standard InChI is InChI=1S/C17H21NO3/c19-16-6-4-5-13-11-14(7-8-15(13)16)21-12-17(20)18-9-2-1-3-10-18/h7-8,11H,1-6,9-10,12H2. The Morgan fingerprint density at radius 2 is 1.90 bits per heavy atom. The summed E-state index contributed by atoms with van der Waals surface area (Å²) in [6, 6.07) is 5.54. The van der Waals surface area contributed by atoms with Gasteiger partial charge < -0.3 is 9.64 Å². The van der Waals surface area contributed by atoms with Crippen LogP contribution in [0.2, 0.25) is 0 Å². The van der Waals surface area contributed by atoms with Gasteiger partial charge in [-0.2, -0.15) is 0 Å². The smallest absolute Gasteiger partial charge is 0.260 e. The summed E-state index contributed by atoms with van der Waals surface area (Å²) in [5.74, 6) is 0.962. The first-order chi connectivity index (χ1) is 10.2. The molecule has 0 atom stereocenters. The zero-order valence-electron chi connectivity index (χ0n) is 12.3. The third-order valence-electron chi connectivity index (χ3n) is 4.30. The number of benzene rings is 1. The van der Waals surface area contributed by atoms with E-state index in [-0.39, 0.29) is 18.3 Å². The Hall–Kier alpha value is -1.84. The van der Waals surface area contributed by atoms with Gasteiger partial charge in [0.2, 0.25) is 0 Å². The van der Waals surface area contributed by atoms with Crippen LogP contribution in [0.5, 0.6) is 5.75 Å². The lowest BCUT2D eigenvalue weighted by Crippen LogP contribution is -2.38. The molecule has 0 bridgehead atoms. The number of piperidine rings is 1. The summed E-state index contributed by atoms with van der Waals surface area (Å²) in [7, 11) is 0. The van der Waals surface area contributed by atoms with E-state index in [9.17, 15) is 9.59 Å². The number of amides is 1. The lowest BCUT2D eigenvalue weighted by molar-refractivity contribution is -0.134. The Morgan fingerprint density at radius 1 is 1.10 bits per heavy atom. The van der Waals surface area contributed by atoms with Crippen LogP contribution in [0, 0.1) is 0 Å². The molecule has 4 nitrogen and oxygen atoms in total. The van der Waals surface area contributed by atoms with E-state index in [0.29, 0.717) is 12.2 Å². The molecule has 0 radical (unpaired) electrons. The highest BCUT2D eigenvalue weighted by Gasteiger charge is 2.19. The zero-order valence-corrected chi connectivity index (χ0v) is 12.3. The molecule has 1 fully saturated rings. The van der Waals surface area contributed by atoms with Crippen molar-refractivity contribution >= 4 is 11.7 Å². The molecule has 1 aromatic rings. The van der Waals surface area contributed by atoms with Crippen LogP contribution < -0.4 is 4.74 Å². The van der Waals surface area contributed by atoms with E-state index in [2.05, 4.69) is 0 Å². The van der Waals surface area contributed by atoms with E-state index in [1.54, 1.807) is 6.07 Å². The number of aryl methyl sites for hydroxylation is 1. The van der Waals surface area contributed by atoms with Crippen LogP contribution in [0.4, 0.5) is 0 Å². The fraction of sp³-hybridized carbons (Fsp3) is 0.529. The van der Waals surface area contributed by atoms with Crippen LogP contribution in [-0.2, 0) is 11.2 Å². The quantitative estimate of drug-likeness (QED) is 0.858. The minimum atomic E-state index is 0.0588. The highest BCUT2D eigenvalue weighted by molar-refractivity contribution is 5.98. The first kappa shape index (κ1) is 14.1. The molecule has 112 valence electrons. The molecule has 0 saturated carbocycles. The predicted octanol–water partition coefficient (Wildman–Crippen LogP) is 2.60. The number of fused-ring (bicyclic) bond motifs is 1. The normalized spacial score (nSPS) is 18.3. The molecular weight excluding hydrogens is 266 g/mol. The van der Waals surface area contributed by atoms with Crippen LogP contribution in [0.15, 0.2) is 18.2 Å². The molecule has 1 heterocycles. The molecule has 21 heavy (non-hydrogen) atoms. The fourth-order valence-corrected chi connectivity index (χ4v) is 3.09. The molecule has 1 aliphatic carbocycles. The Kier molecular flexibility index (Phi) is 4.23. The number of carbonyl (C=O) groups excluding carboxylic acids is 2. The van der Waals surface area contributed by atoms with Gasteiger partial charge in [0.15, 0.2) is 12.4 Å². The number of nitrogens with zero attached hydrogens (tertiary/aromatic N) is 1. The molecule has 1 aliphatic heterocycles. The second-order valence-electron chi connectivity index (χ2n) is 5.83. The Bertz CT molecular complexity index is 547. The summed E-state index contributed by atoms with van der Waals surface area (Å²) < 4.78 is 5.62. The van der Waals surface area contributed by atoms with Gasteiger partial charge in [-0.25, -0.2) is 0 Å². The summed E-state index contributed by atoms with van der Waals surface area (Å²) >= 11 is 0. The van der Waals surface area contributed by atoms with Crippen molar-refractivity contribution in [2.24, 2.45) is 0 Å². The number of hydrogen-bond donors (Lipinski definition) is 0. The molecule has 1 aromatic carbocycles. The molecule has 3 rings (SSSR count). The first-order valence-electron chi connectivity index (χ1n) is 7.81. The fourth-order valence-electron chi connectivity index (χ4n) is 3.09. The second kappa shape index (κ2) is 6.29. The molecule has 0 unspecified atom stereocenters. The van der Waals surface area contributed by atoms with Crippen molar-refractivity contribution in [3.63, 3.8) is 0 Å². The lowest BCUT2D eigenvalue weighted by Gasteiger charge is -2.26. The second-order valence-corrected chi connectivity index (χ2v) is 5.83. The molecule has 0 N–H and O–H groups in total. The van der Waals surface area contributed by atoms with Crippen molar-refractivity contribution in [3.8, 4) is 5.75 Å². The molecule has 1 amide bonds. The van der Waals surface area contributed by atoms with E-state index >= 15 is 0 Å². The number of likely N-dealkylation sites (tertiary alicyclic amines) is 1. The van der Waals surface area contributed by atoms with Gasteiger partial charge in [0.05, 0.1) is 0 Å². The summed E-state index contributed by atoms with van der Waals surface area (Å²) in [5.41, 5.74) is 1.87. The minimum Gasteiger partial charge on any atom is -0.484 e. The van der Waals surface area contributed by atoms with Gasteiger partial charge in [0, 0.05) is 25.1 Å². The topological polar surface area (TPSA) is 46.6 Å². The van der Waals surface area contributed by atoms with Crippen molar-refractivity contribution in [2.75, 3.05) is 19.7 Å². The van der Waals surface area contributed by atoms with E-state index in [1.165, 1.54) is 6.42 Å². The number of hydrogen-bond acceptors (Lipinski definition) is 3. The van der Waals surface area contributed by atoms with Crippen LogP contribution in [0.3, 0.4) is 0 Å². The van der Waals surface area contributed by atoms with E-state index in [4.69, 9.17) is 4.74 Å². The molecule has 0 aromatic heterocycles. The van der Waals surface area contributed by atoms with Gasteiger partial charge in [-0.3, -0.25) is 9.59 Å². The van der Waals surface area contributed by atoms with Gasteiger partial charge in [0.1, 0.15) is 5.75 Å². The third-order valence-corrected chi connectivity index (χ3v) is 4.30. The van der Waals surface area contributed by atoms with Crippen LogP contribution in [0.1, 0.15) is 48.0 Å². The lowest BCUT2D eigenvalue weighted by atomic mass is 9.91. The Labute approximate surface area is 125 Å². The van der Waals surface area contributed by atoms with Gasteiger partial charge in [0.25, 0.3) is 5.91 Å². The van der Waals surface area contributed by atoms with Crippen LogP contribution in [0.25, 0.3) is 0 Å². The summed E-state index contributed by atoms with van der Waals surface area (Å²) in [6.07, 6.45) is 5.85. The van der Waals surface area contributed by atoms with Crippen molar-refractivity contribution in [2.45, 2.75) is 38.5 Å². The molecule has 0 spiro atoms. The third kappa shape index (κ3) is 3.26. The zero-order chi connectivity index (χ0) is 14.7. The maximum absolute atomic E-state index is 12.1. The first-order valence-corrected chi connectivity index (χ1v) is 7.81. The molecule has 1 saturated heterocycles. The van der Waals surface area contributed by atoms with E-state index in [0.717, 1.165) is 49.9 Å². The monoisotopic (exact) mass is 287 g/mol. The molecule has 2 aliphatic rings. The van der Waals surface area contributed by atoms with Gasteiger partial charge >= 0.3 is 0 Å². The van der Waals surface area contributed by atoms with Crippen LogP contribution in [-0.4, -0.2) is 36.3 Å². The number of Topliss-reactive ketones (excluding diaryl/α,β-unsaturated/α-hetero) is 1. The average Bonchev–Trinajstić information content (AvgIpc) is 2.53. The van der Waals surface area contributed by atoms with E-state index in [1.807, 2.05) is 17.0 Å². The minimum absolute atomic E-state index is 0.0588. The van der Waals surface area contributed by atoms with Crippen molar-refractivity contribution in [3.05, 3.63) is 29.3 Å². The van der Waals surface area contributed by atoms with Gasteiger partial charge in [-0.1, -0.05) is 0 Å². The number of ether oxygens (including phenoxy) is 1. The predicted molar refractivity (Wildman–Crippen MR) is 79.6 cm³/mol. The molecular formula is C17H21NO3. The average molecular weight is 287 g/mol. The maximum atomic E-state index is 12.1. The molecule has 4 heteroatoms. The van der Waals surface area contributed by atoms with Crippen LogP contribution >= 0.6 is 0 Å². The van der Waals surface area contributed by atoms with Crippen molar-refractivity contribution in [1.82, 2.24) is 4.90 Å². The highest BCUT2D eigenvalue weighted by atomic mass is 16.5. The Morgan fingerprint density at radius 3 is 2.71 bits per heavy atom. The van der Waals surface area contributed by atoms with Gasteiger partial charge in [-0.05, 0) is 55.9 Å². The SMILES string of the molecule is O=C1CCCc2cc(OCC(=O)N3CCCCC3)ccc21. The number of ketones is 1. The number of rotatable bonds is 3. The van der Waals surface area contributed by atoms with Gasteiger partial charge in [-0.15, -0.1) is 0 Å². The summed E-state index contributed by atoms with van der Waals surface area (Å²) in [5, 5.41) is 0. The largest absolute Gasteiger partial charge is 0.484 e. The summed E-state index contributed by atoms with van der Waals surface area (Å²) in [4.78, 5) is 25.7. The van der Waals surface area contributed by atoms with Crippen molar-refractivity contribution in [1.29, 1.82) is 0 Å². The highest BCUT2D eigenvalue weighted by Crippen LogP contribution is 2.25. The van der Waals surface area contributed by atoms with E-state index < -0.39 is 0 Å². The number of carbonyl (C=O) groups is 2. The van der Waals surface area contributed by atoms with Crippen molar-refractivity contribution < 1.29 is 14.3 Å². The maximum Gasteiger partial charge on any atom is 0.260 e.